The third-order valence-corrected chi connectivity index (χ3v) is 3.75. The van der Waals surface area contributed by atoms with Crippen LogP contribution in [0.2, 0.25) is 0 Å². The predicted octanol–water partition coefficient (Wildman–Crippen LogP) is 2.93. The van der Waals surface area contributed by atoms with Crippen molar-refractivity contribution in [3.8, 4) is 0 Å². The Balaban J connectivity index is 2.31. The van der Waals surface area contributed by atoms with Gasteiger partial charge in [-0.3, -0.25) is 4.79 Å². The van der Waals surface area contributed by atoms with E-state index in [-0.39, 0.29) is 0 Å². The zero-order chi connectivity index (χ0) is 10.5. The third-order valence-electron chi connectivity index (χ3n) is 2.60. The van der Waals surface area contributed by atoms with Gasteiger partial charge in [0.05, 0.1) is 5.69 Å². The Morgan fingerprint density at radius 2 is 2.07 bits per heavy atom. The minimum absolute atomic E-state index is 0.848. The molecule has 0 fully saturated rings. The molecular formula is C12H15NOS. The highest BCUT2D eigenvalue weighted by Crippen LogP contribution is 2.31. The van der Waals surface area contributed by atoms with E-state index in [4.69, 9.17) is 0 Å². The van der Waals surface area contributed by atoms with Crippen LogP contribution in [0.15, 0.2) is 29.2 Å². The van der Waals surface area contributed by atoms with Crippen molar-refractivity contribution >= 4 is 23.9 Å². The number of fused-ring (bicyclic) bond motifs is 1. The zero-order valence-electron chi connectivity index (χ0n) is 8.69. The number of nitrogens with zero attached hydrogens (tertiary/aromatic N) is 1. The largest absolute Gasteiger partial charge is 0.314 e. The van der Waals surface area contributed by atoms with Gasteiger partial charge < -0.3 is 4.90 Å². The lowest BCUT2D eigenvalue weighted by atomic mass is 10.2. The third kappa shape index (κ3) is 2.53. The van der Waals surface area contributed by atoms with Gasteiger partial charge in [0, 0.05) is 11.4 Å². The van der Waals surface area contributed by atoms with E-state index in [1.54, 1.807) is 0 Å². The van der Waals surface area contributed by atoms with Gasteiger partial charge in [0.15, 0.2) is 0 Å². The molecule has 0 aliphatic carbocycles. The molecule has 0 saturated carbocycles. The first-order chi connectivity index (χ1) is 7.42. The number of carbonyl (C=O) groups is 1. The summed E-state index contributed by atoms with van der Waals surface area (Å²) in [5, 5.41) is 0. The fourth-order valence-electron chi connectivity index (χ4n) is 1.79. The molecule has 0 bridgehead atoms. The molecule has 15 heavy (non-hydrogen) atoms. The Kier molecular flexibility index (Phi) is 3.67. The van der Waals surface area contributed by atoms with E-state index < -0.39 is 0 Å². The molecule has 1 aliphatic rings. The normalized spacial score (nSPS) is 17.2. The predicted molar refractivity (Wildman–Crippen MR) is 64.4 cm³/mol. The minimum atomic E-state index is 0.848. The van der Waals surface area contributed by atoms with Crippen LogP contribution in [0.25, 0.3) is 0 Å². The highest BCUT2D eigenvalue weighted by molar-refractivity contribution is 7.99. The first kappa shape index (κ1) is 10.6. The van der Waals surface area contributed by atoms with E-state index >= 15 is 0 Å². The quantitative estimate of drug-likeness (QED) is 0.680. The molecule has 1 aromatic rings. The molecule has 2 nitrogen and oxygen atoms in total. The molecule has 1 amide bonds. The maximum Gasteiger partial charge on any atom is 0.214 e. The van der Waals surface area contributed by atoms with Crippen molar-refractivity contribution in [1.82, 2.24) is 0 Å². The minimum Gasteiger partial charge on any atom is -0.314 e. The van der Waals surface area contributed by atoms with Crippen molar-refractivity contribution in [2.75, 3.05) is 17.2 Å². The van der Waals surface area contributed by atoms with Crippen LogP contribution in [0.1, 0.15) is 19.3 Å². The van der Waals surface area contributed by atoms with Crippen LogP contribution in [0.4, 0.5) is 5.69 Å². The summed E-state index contributed by atoms with van der Waals surface area (Å²) in [5.41, 5.74) is 1.07. The summed E-state index contributed by atoms with van der Waals surface area (Å²) in [5.74, 6) is 1.16. The molecule has 0 atom stereocenters. The van der Waals surface area contributed by atoms with Gasteiger partial charge in [0.25, 0.3) is 0 Å². The fourth-order valence-corrected chi connectivity index (χ4v) is 2.87. The maximum atomic E-state index is 11.0. The van der Waals surface area contributed by atoms with Crippen LogP contribution < -0.4 is 4.90 Å². The number of amides is 1. The first-order valence-electron chi connectivity index (χ1n) is 5.35. The topological polar surface area (TPSA) is 20.3 Å². The number of hydrogen-bond donors (Lipinski definition) is 0. The van der Waals surface area contributed by atoms with Gasteiger partial charge in [-0.1, -0.05) is 18.6 Å². The van der Waals surface area contributed by atoms with Gasteiger partial charge in [-0.2, -0.15) is 0 Å². The Morgan fingerprint density at radius 3 is 2.93 bits per heavy atom. The first-order valence-corrected chi connectivity index (χ1v) is 6.34. The summed E-state index contributed by atoms with van der Waals surface area (Å²) in [7, 11) is 0. The van der Waals surface area contributed by atoms with E-state index in [1.807, 2.05) is 34.9 Å². The lowest BCUT2D eigenvalue weighted by Crippen LogP contribution is -2.22. The molecule has 1 aliphatic heterocycles. The Morgan fingerprint density at radius 1 is 1.20 bits per heavy atom. The van der Waals surface area contributed by atoms with Crippen LogP contribution in [-0.4, -0.2) is 18.7 Å². The summed E-state index contributed by atoms with van der Waals surface area (Å²) < 4.78 is 0. The van der Waals surface area contributed by atoms with E-state index in [9.17, 15) is 4.79 Å². The summed E-state index contributed by atoms with van der Waals surface area (Å²) in [6, 6.07) is 8.16. The molecule has 1 heterocycles. The number of para-hydroxylation sites is 1. The van der Waals surface area contributed by atoms with Gasteiger partial charge in [0.2, 0.25) is 6.41 Å². The second kappa shape index (κ2) is 5.21. The number of carbonyl (C=O) groups excluding carboxylic acids is 1. The average Bonchev–Trinajstić information content (AvgIpc) is 2.38. The number of rotatable bonds is 1. The SMILES string of the molecule is O=CN1CCCCCSc2ccccc21. The number of hydrogen-bond acceptors (Lipinski definition) is 2. The Bertz CT molecular complexity index is 340. The van der Waals surface area contributed by atoms with Gasteiger partial charge >= 0.3 is 0 Å². The van der Waals surface area contributed by atoms with Crippen LogP contribution >= 0.6 is 11.8 Å². The molecule has 0 saturated heterocycles. The van der Waals surface area contributed by atoms with Crippen molar-refractivity contribution in [3.05, 3.63) is 24.3 Å². The molecule has 0 N–H and O–H groups in total. The smallest absolute Gasteiger partial charge is 0.214 e. The Hall–Kier alpha value is -0.960. The van der Waals surface area contributed by atoms with Crippen LogP contribution in [-0.2, 0) is 4.79 Å². The molecular weight excluding hydrogens is 206 g/mol. The van der Waals surface area contributed by atoms with Gasteiger partial charge in [-0.05, 0) is 30.7 Å². The van der Waals surface area contributed by atoms with Crippen molar-refractivity contribution < 1.29 is 4.79 Å². The Labute approximate surface area is 94.7 Å². The summed E-state index contributed by atoms with van der Waals surface area (Å²) in [4.78, 5) is 14.1. The summed E-state index contributed by atoms with van der Waals surface area (Å²) in [6.45, 7) is 0.848. The molecule has 0 radical (unpaired) electrons. The fraction of sp³-hybridized carbons (Fsp3) is 0.417. The summed E-state index contributed by atoms with van der Waals surface area (Å²) >= 11 is 1.85. The monoisotopic (exact) mass is 221 g/mol. The van der Waals surface area contributed by atoms with E-state index in [2.05, 4.69) is 6.07 Å². The van der Waals surface area contributed by atoms with Crippen LogP contribution in [0, 0.1) is 0 Å². The van der Waals surface area contributed by atoms with E-state index in [0.717, 1.165) is 30.8 Å². The van der Waals surface area contributed by atoms with Gasteiger partial charge in [0.1, 0.15) is 0 Å². The van der Waals surface area contributed by atoms with Crippen LogP contribution in [0.5, 0.6) is 0 Å². The van der Waals surface area contributed by atoms with E-state index in [0.29, 0.717) is 0 Å². The lowest BCUT2D eigenvalue weighted by Gasteiger charge is -2.18. The van der Waals surface area contributed by atoms with Crippen molar-refractivity contribution in [2.45, 2.75) is 24.2 Å². The molecule has 3 heteroatoms. The molecule has 0 unspecified atom stereocenters. The standard InChI is InChI=1S/C12H15NOS/c14-10-13-8-4-1-5-9-15-12-7-3-2-6-11(12)13/h2-3,6-7,10H,1,4-5,8-9H2. The number of anilines is 1. The zero-order valence-corrected chi connectivity index (χ0v) is 9.50. The average molecular weight is 221 g/mol. The number of benzene rings is 1. The van der Waals surface area contributed by atoms with Gasteiger partial charge in [-0.15, -0.1) is 11.8 Å². The van der Waals surface area contributed by atoms with Crippen molar-refractivity contribution in [2.24, 2.45) is 0 Å². The van der Waals surface area contributed by atoms with Crippen molar-refractivity contribution in [1.29, 1.82) is 0 Å². The van der Waals surface area contributed by atoms with Gasteiger partial charge in [-0.25, -0.2) is 0 Å². The molecule has 1 aromatic carbocycles. The lowest BCUT2D eigenvalue weighted by molar-refractivity contribution is -0.107. The highest BCUT2D eigenvalue weighted by atomic mass is 32.2. The van der Waals surface area contributed by atoms with Crippen molar-refractivity contribution in [3.63, 3.8) is 0 Å². The highest BCUT2D eigenvalue weighted by Gasteiger charge is 2.11. The molecule has 0 spiro atoms. The molecule has 2 rings (SSSR count). The maximum absolute atomic E-state index is 11.0. The second-order valence-electron chi connectivity index (χ2n) is 3.68. The van der Waals surface area contributed by atoms with E-state index in [1.165, 1.54) is 17.7 Å². The molecule has 80 valence electrons. The second-order valence-corrected chi connectivity index (χ2v) is 4.81. The summed E-state index contributed by atoms with van der Waals surface area (Å²) in [6.07, 6.45) is 4.51. The number of thioether (sulfide) groups is 1. The molecule has 0 aromatic heterocycles. The van der Waals surface area contributed by atoms with Crippen LogP contribution in [0.3, 0.4) is 0 Å².